The van der Waals surface area contributed by atoms with Crippen LogP contribution in [0.25, 0.3) is 0 Å². The number of hydrogen-bond acceptors (Lipinski definition) is 11. The van der Waals surface area contributed by atoms with Gasteiger partial charge in [0.15, 0.2) is 11.7 Å². The van der Waals surface area contributed by atoms with Gasteiger partial charge in [-0.25, -0.2) is 19.6 Å². The number of oxime groups is 1. The van der Waals surface area contributed by atoms with E-state index in [1.807, 2.05) is 93.6 Å². The number of guanidine groups is 1. The number of nitrogens with zero attached hydrogens (tertiary/aromatic N) is 5. The van der Waals surface area contributed by atoms with Crippen LogP contribution in [0.1, 0.15) is 74.0 Å². The number of hydrogen-bond donors (Lipinski definition) is 3. The quantitative estimate of drug-likeness (QED) is 0.0351. The Kier molecular flexibility index (Phi) is 14.0. The number of ether oxygens (including phenoxy) is 2. The summed E-state index contributed by atoms with van der Waals surface area (Å²) in [6, 6.07) is 36.1. The number of rotatable bonds is 13. The number of carboxylic acid groups (broad SMARTS) is 1. The van der Waals surface area contributed by atoms with E-state index in [1.54, 1.807) is 10.3 Å². The molecule has 15 heteroatoms. The first-order valence-electron chi connectivity index (χ1n) is 21.0. The third-order valence-corrected chi connectivity index (χ3v) is 11.4. The van der Waals surface area contributed by atoms with Crippen LogP contribution in [0.5, 0.6) is 5.75 Å². The minimum atomic E-state index is -1.27. The van der Waals surface area contributed by atoms with Crippen molar-refractivity contribution in [3.8, 4) is 5.75 Å². The van der Waals surface area contributed by atoms with Crippen molar-refractivity contribution in [3.05, 3.63) is 148 Å². The summed E-state index contributed by atoms with van der Waals surface area (Å²) in [6.45, 7) is 9.43. The largest absolute Gasteiger partial charge is 0.490 e. The van der Waals surface area contributed by atoms with Crippen molar-refractivity contribution >= 4 is 46.1 Å². The fraction of sp³-hybridized carbons (Fsp3) is 0.333. The van der Waals surface area contributed by atoms with Gasteiger partial charge in [-0.1, -0.05) is 102 Å². The Morgan fingerprint density at radius 3 is 2.02 bits per heavy atom. The fourth-order valence-corrected chi connectivity index (χ4v) is 8.46. The highest BCUT2D eigenvalue weighted by atomic mass is 32.1. The average molecular weight is 872 g/mol. The molecule has 0 radical (unpaired) electrons. The van der Waals surface area contributed by atoms with Gasteiger partial charge in [0.2, 0.25) is 17.6 Å². The molecule has 0 saturated carbocycles. The number of piperidine rings is 1. The van der Waals surface area contributed by atoms with Gasteiger partial charge < -0.3 is 34.5 Å². The highest BCUT2D eigenvalue weighted by Crippen LogP contribution is 2.40. The number of amides is 2. The third kappa shape index (κ3) is 11.2. The molecule has 3 N–H and O–H groups in total. The zero-order chi connectivity index (χ0) is 44.4. The van der Waals surface area contributed by atoms with E-state index in [0.29, 0.717) is 62.3 Å². The maximum Gasteiger partial charge on any atom is 0.410 e. The summed E-state index contributed by atoms with van der Waals surface area (Å²) in [4.78, 5) is 56.1. The lowest BCUT2D eigenvalue weighted by molar-refractivity contribution is -0.129. The van der Waals surface area contributed by atoms with Crippen molar-refractivity contribution in [1.29, 1.82) is 0 Å². The summed E-state index contributed by atoms with van der Waals surface area (Å²) in [6.07, 6.45) is 1.73. The van der Waals surface area contributed by atoms with Gasteiger partial charge in [0, 0.05) is 38.5 Å². The highest BCUT2D eigenvalue weighted by molar-refractivity contribution is 7.14. The molecule has 2 aliphatic rings. The first kappa shape index (κ1) is 44.3. The molecule has 328 valence electrons. The van der Waals surface area contributed by atoms with E-state index in [9.17, 15) is 19.5 Å². The molecule has 1 fully saturated rings. The van der Waals surface area contributed by atoms with Crippen LogP contribution in [0.2, 0.25) is 0 Å². The number of carboxylic acids is 1. The molecule has 63 heavy (non-hydrogen) atoms. The summed E-state index contributed by atoms with van der Waals surface area (Å²) >= 11 is 1.28. The predicted octanol–water partition coefficient (Wildman–Crippen LogP) is 7.68. The van der Waals surface area contributed by atoms with E-state index < -0.39 is 17.1 Å². The van der Waals surface area contributed by atoms with Gasteiger partial charge in [0.05, 0.1) is 6.04 Å². The second-order valence-electron chi connectivity index (χ2n) is 16.4. The maximum atomic E-state index is 12.6. The van der Waals surface area contributed by atoms with Crippen LogP contribution in [-0.4, -0.2) is 94.0 Å². The molecule has 2 aliphatic heterocycles. The minimum Gasteiger partial charge on any atom is -0.490 e. The lowest BCUT2D eigenvalue weighted by Gasteiger charge is -2.36. The van der Waals surface area contributed by atoms with Gasteiger partial charge in [-0.3, -0.25) is 10.1 Å². The van der Waals surface area contributed by atoms with Crippen LogP contribution in [0.4, 0.5) is 9.93 Å². The van der Waals surface area contributed by atoms with Gasteiger partial charge >= 0.3 is 12.1 Å². The lowest BCUT2D eigenvalue weighted by Crippen LogP contribution is -2.47. The second-order valence-corrected chi connectivity index (χ2v) is 17.2. The molecular weight excluding hydrogens is 819 g/mol. The van der Waals surface area contributed by atoms with E-state index in [4.69, 9.17) is 24.3 Å². The van der Waals surface area contributed by atoms with Crippen LogP contribution >= 0.6 is 11.3 Å². The molecular formula is C48H53N7O7S. The predicted molar refractivity (Wildman–Crippen MR) is 243 cm³/mol. The molecule has 5 aromatic rings. The molecule has 0 atom stereocenters. The van der Waals surface area contributed by atoms with Crippen LogP contribution in [-0.2, 0) is 37.7 Å². The van der Waals surface area contributed by atoms with E-state index in [0.717, 1.165) is 27.8 Å². The summed E-state index contributed by atoms with van der Waals surface area (Å²) in [7, 11) is 0. The zero-order valence-electron chi connectivity index (χ0n) is 36.0. The molecule has 2 amide bonds. The second kappa shape index (κ2) is 20.0. The molecule has 14 nitrogen and oxygen atoms in total. The number of likely N-dealkylation sites (tertiary alicyclic amines) is 1. The molecule has 7 rings (SSSR count). The molecule has 0 aliphatic carbocycles. The highest BCUT2D eigenvalue weighted by Gasteiger charge is 2.37. The van der Waals surface area contributed by atoms with E-state index in [1.165, 1.54) is 18.3 Å². The smallest absolute Gasteiger partial charge is 0.410 e. The topological polar surface area (TPSA) is 167 Å². The van der Waals surface area contributed by atoms with Crippen molar-refractivity contribution in [1.82, 2.24) is 20.1 Å². The van der Waals surface area contributed by atoms with Gasteiger partial charge in [-0.05, 0) is 80.0 Å². The summed E-state index contributed by atoms with van der Waals surface area (Å²) in [5.74, 6) is -0.285. The maximum absolute atomic E-state index is 12.6. The van der Waals surface area contributed by atoms with Gasteiger partial charge in [0.1, 0.15) is 29.2 Å². The summed E-state index contributed by atoms with van der Waals surface area (Å²) in [5.41, 5.74) is 3.62. The normalized spacial score (nSPS) is 15.0. The van der Waals surface area contributed by atoms with Gasteiger partial charge in [-0.15, -0.1) is 11.3 Å². The third-order valence-electron chi connectivity index (χ3n) is 10.7. The first-order valence-corrected chi connectivity index (χ1v) is 21.9. The van der Waals surface area contributed by atoms with Crippen molar-refractivity contribution in [2.45, 2.75) is 70.7 Å². The Morgan fingerprint density at radius 1 is 0.825 bits per heavy atom. The fourth-order valence-electron chi connectivity index (χ4n) is 7.71. The van der Waals surface area contributed by atoms with Crippen LogP contribution in [0, 0.1) is 0 Å². The Labute approximate surface area is 371 Å². The molecule has 4 aromatic carbocycles. The molecule has 0 bridgehead atoms. The summed E-state index contributed by atoms with van der Waals surface area (Å²) < 4.78 is 11.5. The van der Waals surface area contributed by atoms with Gasteiger partial charge in [-0.2, -0.15) is 0 Å². The molecule has 1 aromatic heterocycles. The molecule has 3 heterocycles. The lowest BCUT2D eigenvalue weighted by atomic mass is 9.77. The number of aromatic nitrogens is 1. The Bertz CT molecular complexity index is 2310. The van der Waals surface area contributed by atoms with E-state index in [2.05, 4.69) is 57.1 Å². The van der Waals surface area contributed by atoms with Crippen molar-refractivity contribution < 1.29 is 33.8 Å². The number of benzene rings is 4. The number of aliphatic imine (C=N–C) groups is 1. The van der Waals surface area contributed by atoms with Crippen LogP contribution < -0.4 is 15.4 Å². The first-order chi connectivity index (χ1) is 30.4. The monoisotopic (exact) mass is 871 g/mol. The number of anilines is 1. The number of nitrogens with one attached hydrogen (secondary N) is 2. The average Bonchev–Trinajstić information content (AvgIpc) is 3.74. The Balaban J connectivity index is 0.962. The van der Waals surface area contributed by atoms with Crippen LogP contribution in [0.15, 0.2) is 125 Å². The van der Waals surface area contributed by atoms with E-state index >= 15 is 0 Å². The van der Waals surface area contributed by atoms with Gasteiger partial charge in [0.25, 0.3) is 0 Å². The Morgan fingerprint density at radius 2 is 1.44 bits per heavy atom. The van der Waals surface area contributed by atoms with Crippen molar-refractivity contribution in [2.24, 2.45) is 10.1 Å². The number of fused-ring (bicyclic) bond motifs is 1. The van der Waals surface area contributed by atoms with Crippen molar-refractivity contribution in [2.75, 3.05) is 38.2 Å². The minimum absolute atomic E-state index is 0.00323. The number of carbonyl (C=O) groups is 3. The summed E-state index contributed by atoms with van der Waals surface area (Å²) in [5, 5.41) is 22.9. The standard InChI is InChI=1S/C48H53N7O7S/c1-33(56)49-44(50-39-23-26-54(27-24-39)46(59)62-47(2,3)4)55-25-22-34-30-40(21-20-35(34)31-55)60-28-29-61-53-42(43(57)58)41-32-63-45(51-41)52-48(36-14-8-5-9-15-36,37-16-10-6-11-17-37)38-18-12-7-13-19-38/h5-21,30,32,39H,22-29,31H2,1-4H3,(H,51,52)(H,57,58)(H,49,50,56)/b53-42-. The van der Waals surface area contributed by atoms with E-state index in [-0.39, 0.29) is 42.7 Å². The molecule has 0 spiro atoms. The number of aliphatic carboxylic acids is 1. The van der Waals surface area contributed by atoms with Crippen molar-refractivity contribution in [3.63, 3.8) is 0 Å². The van der Waals surface area contributed by atoms with Crippen LogP contribution in [0.3, 0.4) is 0 Å². The Hall–Kier alpha value is -6.74. The SMILES string of the molecule is CC(=O)NC(=NC1CCN(C(=O)OC(C)(C)C)CC1)N1CCc2cc(OCCO/N=C(\C(=O)O)c3csc(NC(c4ccccc4)(c4ccccc4)c4ccccc4)n3)ccc2C1. The zero-order valence-corrected chi connectivity index (χ0v) is 36.8. The number of thiazole rings is 1. The molecule has 1 saturated heterocycles. The molecule has 0 unspecified atom stereocenters. The number of carbonyl (C=O) groups excluding carboxylic acids is 2.